The van der Waals surface area contributed by atoms with Gasteiger partial charge in [-0.3, -0.25) is 0 Å². The Morgan fingerprint density at radius 1 is 0.400 bits per heavy atom. The van der Waals surface area contributed by atoms with Crippen LogP contribution in [0.1, 0.15) is 16.7 Å². The molecule has 6 rings (SSSR count). The summed E-state index contributed by atoms with van der Waals surface area (Å²) >= 11 is -2.55. The third-order valence-corrected chi connectivity index (χ3v) is 13.5. The molecule has 3 aromatic heterocycles. The topological polar surface area (TPSA) is 38.7 Å². The van der Waals surface area contributed by atoms with Crippen LogP contribution in [-0.2, 0) is 16.5 Å². The first kappa shape index (κ1) is 26.0. The van der Waals surface area contributed by atoms with Gasteiger partial charge in [-0.15, -0.1) is 0 Å². The molecule has 0 unspecified atom stereocenters. The number of hydrogen-bond donors (Lipinski definition) is 0. The van der Waals surface area contributed by atoms with E-state index < -0.39 is 16.5 Å². The summed E-state index contributed by atoms with van der Waals surface area (Å²) in [4.78, 5) is 14.4. The van der Waals surface area contributed by atoms with Gasteiger partial charge in [0.2, 0.25) is 0 Å². The van der Waals surface area contributed by atoms with E-state index >= 15 is 0 Å². The van der Waals surface area contributed by atoms with Gasteiger partial charge in [0.25, 0.3) is 0 Å². The SMILES string of the molecule is Cc1ccc(-c2ccccn2)[c]([Ir]([c]2cc(C)ccc2-c2ccccn2)[c]2cc(C)ccc2-c2ccccn2)c1. The van der Waals surface area contributed by atoms with E-state index in [0.717, 1.165) is 17.1 Å². The molecule has 6 aromatic rings. The van der Waals surface area contributed by atoms with Crippen molar-refractivity contribution in [2.45, 2.75) is 20.8 Å². The third-order valence-electron chi connectivity index (χ3n) is 6.68. The van der Waals surface area contributed by atoms with Crippen molar-refractivity contribution in [3.63, 3.8) is 0 Å². The zero-order valence-corrected chi connectivity index (χ0v) is 25.2. The quantitative estimate of drug-likeness (QED) is 0.195. The van der Waals surface area contributed by atoms with Crippen molar-refractivity contribution in [3.8, 4) is 33.8 Å². The Morgan fingerprint density at radius 3 is 1.00 bits per heavy atom. The predicted octanol–water partition coefficient (Wildman–Crippen LogP) is 6.69. The van der Waals surface area contributed by atoms with Crippen LogP contribution in [0.5, 0.6) is 0 Å². The van der Waals surface area contributed by atoms with Gasteiger partial charge >= 0.3 is 243 Å². The Balaban J connectivity index is 1.73. The second-order valence-corrected chi connectivity index (χ2v) is 15.4. The van der Waals surface area contributed by atoms with Crippen molar-refractivity contribution in [1.82, 2.24) is 15.0 Å². The summed E-state index contributed by atoms with van der Waals surface area (Å²) in [5.74, 6) is 0. The Hall–Kier alpha value is -4.24. The van der Waals surface area contributed by atoms with Crippen LogP contribution >= 0.6 is 0 Å². The van der Waals surface area contributed by atoms with Crippen molar-refractivity contribution >= 4 is 12.2 Å². The maximum absolute atomic E-state index is 4.81. The van der Waals surface area contributed by atoms with E-state index in [-0.39, 0.29) is 0 Å². The van der Waals surface area contributed by atoms with Crippen molar-refractivity contribution < 1.29 is 16.5 Å². The van der Waals surface area contributed by atoms with E-state index in [1.54, 1.807) is 0 Å². The molecule has 0 aliphatic carbocycles. The minimum absolute atomic E-state index is 1.00. The summed E-state index contributed by atoms with van der Waals surface area (Å²) in [5, 5.41) is 0. The van der Waals surface area contributed by atoms with Gasteiger partial charge in [-0.2, -0.15) is 0 Å². The number of hydrogen-bond acceptors (Lipinski definition) is 3. The Labute approximate surface area is 241 Å². The van der Waals surface area contributed by atoms with Crippen LogP contribution in [0.3, 0.4) is 0 Å². The molecule has 0 saturated heterocycles. The fraction of sp³-hybridized carbons (Fsp3) is 0.0833. The number of nitrogens with zero attached hydrogens (tertiary/aromatic N) is 3. The first-order valence-electron chi connectivity index (χ1n) is 13.3. The number of pyridine rings is 3. The van der Waals surface area contributed by atoms with Crippen molar-refractivity contribution in [3.05, 3.63) is 144 Å². The summed E-state index contributed by atoms with van der Waals surface area (Å²) < 4.78 is 4.14. The molecular weight excluding hydrogens is 667 g/mol. The summed E-state index contributed by atoms with van der Waals surface area (Å²) in [5.41, 5.74) is 10.3. The van der Waals surface area contributed by atoms with E-state index in [1.165, 1.54) is 45.6 Å². The van der Waals surface area contributed by atoms with Gasteiger partial charge in [0.05, 0.1) is 0 Å². The Morgan fingerprint density at radius 2 is 0.725 bits per heavy atom. The molecule has 0 N–H and O–H groups in total. The average molecular weight is 697 g/mol. The van der Waals surface area contributed by atoms with Gasteiger partial charge in [0.1, 0.15) is 0 Å². The van der Waals surface area contributed by atoms with Crippen LogP contribution in [0.4, 0.5) is 0 Å². The normalized spacial score (nSPS) is 11.3. The number of benzene rings is 3. The minimum atomic E-state index is -2.55. The molecule has 0 spiro atoms. The molecule has 3 aromatic carbocycles. The molecule has 0 aliphatic rings. The van der Waals surface area contributed by atoms with Crippen LogP contribution in [0.25, 0.3) is 33.8 Å². The monoisotopic (exact) mass is 697 g/mol. The van der Waals surface area contributed by atoms with Gasteiger partial charge in [-0.1, -0.05) is 0 Å². The number of rotatable bonds is 6. The van der Waals surface area contributed by atoms with Crippen molar-refractivity contribution in [2.24, 2.45) is 0 Å². The molecule has 40 heavy (non-hydrogen) atoms. The number of aromatic nitrogens is 3. The maximum atomic E-state index is 4.81. The van der Waals surface area contributed by atoms with Crippen LogP contribution in [-0.4, -0.2) is 15.0 Å². The van der Waals surface area contributed by atoms with Crippen LogP contribution in [0.15, 0.2) is 128 Å². The second-order valence-electron chi connectivity index (χ2n) is 9.77. The zero-order chi connectivity index (χ0) is 27.5. The standard InChI is InChI=1S/3C12H10N.Ir/c3*1-10-5-7-11(8-6-10)12-4-2-3-9-13-12;/h3*2-7,9H,1H3;. The second kappa shape index (κ2) is 11.5. The number of aryl methyl sites for hydroxylation is 3. The Bertz CT molecular complexity index is 1560. The summed E-state index contributed by atoms with van der Waals surface area (Å²) in [6, 6.07) is 39.1. The van der Waals surface area contributed by atoms with Gasteiger partial charge < -0.3 is 0 Å². The fourth-order valence-electron chi connectivity index (χ4n) is 4.69. The van der Waals surface area contributed by atoms with E-state index in [9.17, 15) is 0 Å². The molecule has 198 valence electrons. The molecule has 0 saturated carbocycles. The first-order chi connectivity index (χ1) is 19.6. The van der Waals surface area contributed by atoms with E-state index in [1.807, 2.05) is 36.8 Å². The van der Waals surface area contributed by atoms with Crippen LogP contribution < -0.4 is 12.2 Å². The van der Waals surface area contributed by atoms with Gasteiger partial charge in [-0.25, -0.2) is 0 Å². The van der Waals surface area contributed by atoms with Crippen molar-refractivity contribution in [2.75, 3.05) is 0 Å². The van der Waals surface area contributed by atoms with Gasteiger partial charge in [0.15, 0.2) is 0 Å². The van der Waals surface area contributed by atoms with E-state index in [2.05, 4.69) is 112 Å². The average Bonchev–Trinajstić information content (AvgIpc) is 2.99. The molecule has 0 radical (unpaired) electrons. The third kappa shape index (κ3) is 5.29. The molecule has 3 nitrogen and oxygen atoms in total. The van der Waals surface area contributed by atoms with E-state index in [0.29, 0.717) is 0 Å². The molecular formula is C36H30IrN3. The van der Waals surface area contributed by atoms with Gasteiger partial charge in [-0.05, 0) is 0 Å². The van der Waals surface area contributed by atoms with Crippen molar-refractivity contribution in [1.29, 1.82) is 0 Å². The zero-order valence-electron chi connectivity index (χ0n) is 22.8. The summed E-state index contributed by atoms with van der Waals surface area (Å²) in [6.45, 7) is 6.56. The molecule has 0 aliphatic heterocycles. The Kier molecular flexibility index (Phi) is 7.46. The van der Waals surface area contributed by atoms with Crippen LogP contribution in [0.2, 0.25) is 0 Å². The molecule has 0 amide bonds. The molecule has 0 bridgehead atoms. The first-order valence-corrected chi connectivity index (χ1v) is 16.9. The predicted molar refractivity (Wildman–Crippen MR) is 162 cm³/mol. The van der Waals surface area contributed by atoms with E-state index in [4.69, 9.17) is 15.0 Å². The molecule has 0 fully saturated rings. The fourth-order valence-corrected chi connectivity index (χ4v) is 12.9. The molecule has 0 atom stereocenters. The van der Waals surface area contributed by atoms with Crippen LogP contribution in [0, 0.1) is 20.8 Å². The summed E-state index contributed by atoms with van der Waals surface area (Å²) in [7, 11) is 0. The molecule has 3 heterocycles. The summed E-state index contributed by atoms with van der Waals surface area (Å²) in [6.07, 6.45) is 5.66. The molecule has 4 heteroatoms. The van der Waals surface area contributed by atoms with Gasteiger partial charge in [0, 0.05) is 0 Å².